The van der Waals surface area contributed by atoms with Crippen molar-refractivity contribution in [3.8, 4) is 0 Å². The minimum atomic E-state index is 0.889. The van der Waals surface area contributed by atoms with Crippen LogP contribution in [0.4, 0.5) is 0 Å². The predicted octanol–water partition coefficient (Wildman–Crippen LogP) is 2.32. The summed E-state index contributed by atoms with van der Waals surface area (Å²) in [5, 5.41) is 3.19. The number of nitrogens with one attached hydrogen (secondary N) is 1. The predicted molar refractivity (Wildman–Crippen MR) is 66.8 cm³/mol. The van der Waals surface area contributed by atoms with E-state index in [0.717, 1.165) is 19.6 Å². The number of allylic oxidation sites excluding steroid dienone is 3. The zero-order chi connectivity index (χ0) is 11.1. The van der Waals surface area contributed by atoms with Crippen LogP contribution in [0.1, 0.15) is 19.8 Å². The maximum absolute atomic E-state index is 4.19. The van der Waals surface area contributed by atoms with Crippen molar-refractivity contribution in [2.75, 3.05) is 26.7 Å². The van der Waals surface area contributed by atoms with Crippen LogP contribution < -0.4 is 5.32 Å². The molecule has 1 rings (SSSR count). The molecule has 0 bridgehead atoms. The van der Waals surface area contributed by atoms with Gasteiger partial charge in [0.25, 0.3) is 0 Å². The third kappa shape index (κ3) is 3.56. The van der Waals surface area contributed by atoms with Gasteiger partial charge in [-0.15, -0.1) is 0 Å². The molecule has 0 amide bonds. The molecule has 0 aliphatic carbocycles. The van der Waals surface area contributed by atoms with Gasteiger partial charge in [-0.25, -0.2) is 0 Å². The summed E-state index contributed by atoms with van der Waals surface area (Å²) < 4.78 is 0. The highest BCUT2D eigenvalue weighted by molar-refractivity contribution is 5.32. The second kappa shape index (κ2) is 6.46. The Hall–Kier alpha value is -1.02. The maximum Gasteiger partial charge on any atom is 0.0338 e. The Balaban J connectivity index is 2.65. The third-order valence-electron chi connectivity index (χ3n) is 2.72. The van der Waals surface area contributed by atoms with E-state index in [2.05, 4.69) is 28.9 Å². The molecule has 84 valence electrons. The molecule has 0 aromatic heterocycles. The molecule has 1 fully saturated rings. The largest absolute Gasteiger partial charge is 0.372 e. The zero-order valence-corrected chi connectivity index (χ0v) is 9.92. The molecule has 0 aromatic carbocycles. The molecule has 0 spiro atoms. The standard InChI is InChI=1S/C13H22N2/c1-4-5-8-13(11-14-3)12(2)15-9-6-7-10-15/h4-5,8,14H,2,6-7,9-11H2,1,3H3/b5-4-,13-8-. The van der Waals surface area contributed by atoms with E-state index >= 15 is 0 Å². The average molecular weight is 206 g/mol. The number of likely N-dealkylation sites (tertiary alicyclic amines) is 1. The second-order valence-electron chi connectivity index (χ2n) is 3.89. The van der Waals surface area contributed by atoms with Gasteiger partial charge < -0.3 is 10.2 Å². The number of nitrogens with zero attached hydrogens (tertiary/aromatic N) is 1. The van der Waals surface area contributed by atoms with Gasteiger partial charge in [-0.2, -0.15) is 0 Å². The van der Waals surface area contributed by atoms with Gasteiger partial charge in [0.2, 0.25) is 0 Å². The number of hydrogen-bond acceptors (Lipinski definition) is 2. The molecule has 2 nitrogen and oxygen atoms in total. The van der Waals surface area contributed by atoms with E-state index in [9.17, 15) is 0 Å². The van der Waals surface area contributed by atoms with Gasteiger partial charge in [0.05, 0.1) is 0 Å². The summed E-state index contributed by atoms with van der Waals surface area (Å²) in [7, 11) is 1.97. The minimum absolute atomic E-state index is 0.889. The Bertz CT molecular complexity index is 258. The first kappa shape index (κ1) is 12.1. The fraction of sp³-hybridized carbons (Fsp3) is 0.538. The molecule has 1 aliphatic rings. The van der Waals surface area contributed by atoms with Crippen LogP contribution in [-0.2, 0) is 0 Å². The van der Waals surface area contributed by atoms with E-state index in [1.807, 2.05) is 20.0 Å². The molecule has 0 unspecified atom stereocenters. The van der Waals surface area contributed by atoms with Gasteiger partial charge in [-0.05, 0) is 32.4 Å². The van der Waals surface area contributed by atoms with Crippen molar-refractivity contribution in [3.63, 3.8) is 0 Å². The van der Waals surface area contributed by atoms with Crippen LogP contribution in [0.5, 0.6) is 0 Å². The number of hydrogen-bond donors (Lipinski definition) is 1. The van der Waals surface area contributed by atoms with Crippen LogP contribution in [0.15, 0.2) is 36.1 Å². The molecule has 1 N–H and O–H groups in total. The molecule has 1 aliphatic heterocycles. The normalized spacial score (nSPS) is 17.7. The zero-order valence-electron chi connectivity index (χ0n) is 9.92. The Labute approximate surface area is 93.4 Å². The van der Waals surface area contributed by atoms with Crippen molar-refractivity contribution in [3.05, 3.63) is 36.1 Å². The highest BCUT2D eigenvalue weighted by atomic mass is 15.1. The van der Waals surface area contributed by atoms with E-state index in [1.54, 1.807) is 0 Å². The molecule has 0 aromatic rings. The summed E-state index contributed by atoms with van der Waals surface area (Å²) in [5.41, 5.74) is 2.47. The second-order valence-corrected chi connectivity index (χ2v) is 3.89. The van der Waals surface area contributed by atoms with E-state index < -0.39 is 0 Å². The average Bonchev–Trinajstić information content (AvgIpc) is 2.76. The van der Waals surface area contributed by atoms with Crippen LogP contribution in [0, 0.1) is 0 Å². The fourth-order valence-corrected chi connectivity index (χ4v) is 1.85. The summed E-state index contributed by atoms with van der Waals surface area (Å²) in [5.74, 6) is 0. The van der Waals surface area contributed by atoms with Crippen molar-refractivity contribution in [1.82, 2.24) is 10.2 Å². The van der Waals surface area contributed by atoms with Crippen LogP contribution in [0.2, 0.25) is 0 Å². The molecule has 1 saturated heterocycles. The van der Waals surface area contributed by atoms with Crippen molar-refractivity contribution < 1.29 is 0 Å². The lowest BCUT2D eigenvalue weighted by atomic mass is 10.1. The topological polar surface area (TPSA) is 15.3 Å². The van der Waals surface area contributed by atoms with Gasteiger partial charge >= 0.3 is 0 Å². The Morgan fingerprint density at radius 3 is 2.60 bits per heavy atom. The SMILES string of the molecule is C=C(/C(=C\C=C/C)CNC)N1CCCC1. The minimum Gasteiger partial charge on any atom is -0.372 e. The molecule has 1 heterocycles. The van der Waals surface area contributed by atoms with Crippen LogP contribution in [0.25, 0.3) is 0 Å². The molecule has 0 atom stereocenters. The van der Waals surface area contributed by atoms with Crippen molar-refractivity contribution in [1.29, 1.82) is 0 Å². The third-order valence-corrected chi connectivity index (χ3v) is 2.72. The van der Waals surface area contributed by atoms with Crippen molar-refractivity contribution in [2.24, 2.45) is 0 Å². The van der Waals surface area contributed by atoms with Crippen molar-refractivity contribution >= 4 is 0 Å². The highest BCUT2D eigenvalue weighted by Crippen LogP contribution is 2.19. The molecular weight excluding hydrogens is 184 g/mol. The lowest BCUT2D eigenvalue weighted by molar-refractivity contribution is 0.433. The van der Waals surface area contributed by atoms with Gasteiger partial charge in [-0.3, -0.25) is 0 Å². The number of rotatable bonds is 5. The number of likely N-dealkylation sites (N-methyl/N-ethyl adjacent to an activating group) is 1. The van der Waals surface area contributed by atoms with E-state index in [4.69, 9.17) is 0 Å². The fourth-order valence-electron chi connectivity index (χ4n) is 1.85. The van der Waals surface area contributed by atoms with Gasteiger partial charge in [0.1, 0.15) is 0 Å². The molecule has 0 saturated carbocycles. The monoisotopic (exact) mass is 206 g/mol. The van der Waals surface area contributed by atoms with E-state index in [1.165, 1.54) is 24.1 Å². The van der Waals surface area contributed by atoms with Gasteiger partial charge in [-0.1, -0.05) is 24.8 Å². The van der Waals surface area contributed by atoms with Crippen LogP contribution in [0.3, 0.4) is 0 Å². The molecule has 2 heteroatoms. The summed E-state index contributed by atoms with van der Waals surface area (Å²) in [6.45, 7) is 9.44. The lowest BCUT2D eigenvalue weighted by Gasteiger charge is -2.22. The maximum atomic E-state index is 4.19. The van der Waals surface area contributed by atoms with Gasteiger partial charge in [0, 0.05) is 25.3 Å². The Morgan fingerprint density at radius 1 is 1.40 bits per heavy atom. The van der Waals surface area contributed by atoms with E-state index in [0.29, 0.717) is 0 Å². The van der Waals surface area contributed by atoms with Gasteiger partial charge in [0.15, 0.2) is 0 Å². The molecule has 15 heavy (non-hydrogen) atoms. The first-order chi connectivity index (χ1) is 7.29. The quantitative estimate of drug-likeness (QED) is 0.694. The van der Waals surface area contributed by atoms with Crippen LogP contribution >= 0.6 is 0 Å². The Kier molecular flexibility index (Phi) is 5.19. The molecule has 0 radical (unpaired) electrons. The highest BCUT2D eigenvalue weighted by Gasteiger charge is 2.15. The summed E-state index contributed by atoms with van der Waals surface area (Å²) in [6.07, 6.45) is 8.88. The van der Waals surface area contributed by atoms with Crippen LogP contribution in [-0.4, -0.2) is 31.6 Å². The van der Waals surface area contributed by atoms with E-state index in [-0.39, 0.29) is 0 Å². The summed E-state index contributed by atoms with van der Waals surface area (Å²) in [6, 6.07) is 0. The smallest absolute Gasteiger partial charge is 0.0338 e. The first-order valence-electron chi connectivity index (χ1n) is 5.70. The Morgan fingerprint density at radius 2 is 2.07 bits per heavy atom. The summed E-state index contributed by atoms with van der Waals surface area (Å²) in [4.78, 5) is 2.38. The van der Waals surface area contributed by atoms with Crippen molar-refractivity contribution in [2.45, 2.75) is 19.8 Å². The molecular formula is C13H22N2. The summed E-state index contributed by atoms with van der Waals surface area (Å²) >= 11 is 0. The lowest BCUT2D eigenvalue weighted by Crippen LogP contribution is -2.23. The first-order valence-corrected chi connectivity index (χ1v) is 5.70.